The fraction of sp³-hybridized carbons (Fsp3) is 0.154. The van der Waals surface area contributed by atoms with Gasteiger partial charge in [0, 0.05) is 30.9 Å². The predicted molar refractivity (Wildman–Crippen MR) is 124 cm³/mol. The van der Waals surface area contributed by atoms with Gasteiger partial charge in [-0.05, 0) is 52.6 Å². The highest BCUT2D eigenvalue weighted by molar-refractivity contribution is 5.88. The fourth-order valence-corrected chi connectivity index (χ4v) is 3.64. The molecule has 0 saturated heterocycles. The minimum atomic E-state index is -0.789. The van der Waals surface area contributed by atoms with Gasteiger partial charge in [-0.15, -0.1) is 0 Å². The van der Waals surface area contributed by atoms with E-state index in [4.69, 9.17) is 9.84 Å². The zero-order valence-electron chi connectivity index (χ0n) is 17.6. The van der Waals surface area contributed by atoms with Gasteiger partial charge in [0.05, 0.1) is 7.11 Å². The molecule has 0 aliphatic heterocycles. The zero-order chi connectivity index (χ0) is 21.8. The Kier molecular flexibility index (Phi) is 5.85. The number of carboxylic acid groups (broad SMARTS) is 1. The molecule has 0 fully saturated rings. The second kappa shape index (κ2) is 8.88. The maximum Gasteiger partial charge on any atom is 0.303 e. The van der Waals surface area contributed by atoms with Gasteiger partial charge in [-0.3, -0.25) is 4.79 Å². The molecule has 0 unspecified atom stereocenters. The quantitative estimate of drug-likeness (QED) is 0.422. The summed E-state index contributed by atoms with van der Waals surface area (Å²) in [6.45, 7) is 0. The number of pyridine rings is 1. The summed E-state index contributed by atoms with van der Waals surface area (Å²) >= 11 is 0. The summed E-state index contributed by atoms with van der Waals surface area (Å²) in [5.74, 6) is -0.246. The number of anilines is 2. The molecule has 1 heterocycles. The van der Waals surface area contributed by atoms with Crippen molar-refractivity contribution in [2.24, 2.45) is 0 Å². The molecule has 0 aliphatic carbocycles. The molecule has 0 atom stereocenters. The topological polar surface area (TPSA) is 62.7 Å². The van der Waals surface area contributed by atoms with Crippen molar-refractivity contribution in [1.82, 2.24) is 4.98 Å². The van der Waals surface area contributed by atoms with Gasteiger partial charge < -0.3 is 14.7 Å². The third-order valence-corrected chi connectivity index (χ3v) is 5.42. The molecule has 5 nitrogen and oxygen atoms in total. The molecule has 156 valence electrons. The Balaban J connectivity index is 1.66. The van der Waals surface area contributed by atoms with E-state index in [0.29, 0.717) is 12.3 Å². The second-order valence-corrected chi connectivity index (χ2v) is 7.43. The fourth-order valence-electron chi connectivity index (χ4n) is 3.64. The maximum atomic E-state index is 10.8. The Morgan fingerprint density at radius 2 is 1.71 bits per heavy atom. The largest absolute Gasteiger partial charge is 0.481 e. The average Bonchev–Trinajstić information content (AvgIpc) is 2.82. The molecule has 5 heteroatoms. The highest BCUT2D eigenvalue weighted by Gasteiger charge is 2.14. The first-order chi connectivity index (χ1) is 15.0. The SMILES string of the molecule is COc1ncc(-c2ccc3ccccc3c2)cc1N(C)c1ccc(CCC(=O)O)cc1. The lowest BCUT2D eigenvalue weighted by atomic mass is 10.0. The van der Waals surface area contributed by atoms with Gasteiger partial charge in [0.25, 0.3) is 0 Å². The van der Waals surface area contributed by atoms with Gasteiger partial charge in [0.1, 0.15) is 5.69 Å². The number of fused-ring (bicyclic) bond motifs is 1. The van der Waals surface area contributed by atoms with E-state index in [0.717, 1.165) is 28.1 Å². The Labute approximate surface area is 181 Å². The van der Waals surface area contributed by atoms with Crippen LogP contribution in [0.2, 0.25) is 0 Å². The number of aromatic nitrogens is 1. The average molecular weight is 412 g/mol. The smallest absolute Gasteiger partial charge is 0.303 e. The summed E-state index contributed by atoms with van der Waals surface area (Å²) in [5.41, 5.74) is 4.91. The summed E-state index contributed by atoms with van der Waals surface area (Å²) in [6.07, 6.45) is 2.47. The number of aliphatic carboxylic acids is 1. The van der Waals surface area contributed by atoms with E-state index in [9.17, 15) is 4.79 Å². The summed E-state index contributed by atoms with van der Waals surface area (Å²) < 4.78 is 5.52. The monoisotopic (exact) mass is 412 g/mol. The molecule has 0 aliphatic rings. The summed E-state index contributed by atoms with van der Waals surface area (Å²) in [4.78, 5) is 17.4. The van der Waals surface area contributed by atoms with Crippen LogP contribution in [0.1, 0.15) is 12.0 Å². The van der Waals surface area contributed by atoms with E-state index >= 15 is 0 Å². The van der Waals surface area contributed by atoms with Gasteiger partial charge in [-0.25, -0.2) is 4.98 Å². The summed E-state index contributed by atoms with van der Waals surface area (Å²) in [5, 5.41) is 11.3. The van der Waals surface area contributed by atoms with Gasteiger partial charge >= 0.3 is 5.97 Å². The highest BCUT2D eigenvalue weighted by atomic mass is 16.5. The van der Waals surface area contributed by atoms with E-state index < -0.39 is 5.97 Å². The van der Waals surface area contributed by atoms with Crippen LogP contribution in [0.4, 0.5) is 11.4 Å². The van der Waals surface area contributed by atoms with Crippen molar-refractivity contribution < 1.29 is 14.6 Å². The van der Waals surface area contributed by atoms with Crippen LogP contribution in [0.3, 0.4) is 0 Å². The van der Waals surface area contributed by atoms with Crippen molar-refractivity contribution in [2.75, 3.05) is 19.1 Å². The Bertz CT molecular complexity index is 1220. The number of aryl methyl sites for hydroxylation is 1. The van der Waals surface area contributed by atoms with Gasteiger partial charge in [-0.2, -0.15) is 0 Å². The molecular formula is C26H24N2O3. The molecule has 0 radical (unpaired) electrons. The normalized spacial score (nSPS) is 10.8. The van der Waals surface area contributed by atoms with E-state index in [1.165, 1.54) is 10.8 Å². The zero-order valence-corrected chi connectivity index (χ0v) is 17.6. The van der Waals surface area contributed by atoms with Gasteiger partial charge in [0.2, 0.25) is 5.88 Å². The Morgan fingerprint density at radius 1 is 0.968 bits per heavy atom. The standard InChI is InChI=1S/C26H24N2O3/c1-28(23-12-7-18(8-13-23)9-14-25(29)30)24-16-22(17-27-26(24)31-2)21-11-10-19-5-3-4-6-20(19)15-21/h3-8,10-13,15-17H,9,14H2,1-2H3,(H,29,30). The number of rotatable bonds is 7. The van der Waals surface area contributed by atoms with Crippen molar-refractivity contribution in [3.8, 4) is 17.0 Å². The van der Waals surface area contributed by atoms with E-state index in [-0.39, 0.29) is 6.42 Å². The van der Waals surface area contributed by atoms with E-state index in [1.807, 2.05) is 54.5 Å². The maximum absolute atomic E-state index is 10.8. The van der Waals surface area contributed by atoms with E-state index in [1.54, 1.807) is 7.11 Å². The number of carbonyl (C=O) groups is 1. The highest BCUT2D eigenvalue weighted by Crippen LogP contribution is 2.35. The van der Waals surface area contributed by atoms with Crippen LogP contribution >= 0.6 is 0 Å². The van der Waals surface area contributed by atoms with Crippen molar-refractivity contribution in [1.29, 1.82) is 0 Å². The number of methoxy groups -OCH3 is 1. The number of hydrogen-bond donors (Lipinski definition) is 1. The van der Waals surface area contributed by atoms with Gasteiger partial charge in [0.15, 0.2) is 0 Å². The third-order valence-electron chi connectivity index (χ3n) is 5.42. The number of ether oxygens (including phenoxy) is 1. The first-order valence-electron chi connectivity index (χ1n) is 10.1. The minimum Gasteiger partial charge on any atom is -0.481 e. The van der Waals surface area contributed by atoms with Crippen LogP contribution < -0.4 is 9.64 Å². The molecule has 1 N–H and O–H groups in total. The van der Waals surface area contributed by atoms with Crippen LogP contribution in [-0.2, 0) is 11.2 Å². The molecule has 0 spiro atoms. The van der Waals surface area contributed by atoms with Crippen molar-refractivity contribution in [2.45, 2.75) is 12.8 Å². The lowest BCUT2D eigenvalue weighted by Gasteiger charge is -2.22. The molecule has 1 aromatic heterocycles. The minimum absolute atomic E-state index is 0.126. The molecule has 4 rings (SSSR count). The lowest BCUT2D eigenvalue weighted by Crippen LogP contribution is -2.11. The predicted octanol–water partition coefficient (Wildman–Crippen LogP) is 5.70. The number of carboxylic acids is 1. The van der Waals surface area contributed by atoms with Crippen LogP contribution in [0, 0.1) is 0 Å². The van der Waals surface area contributed by atoms with Crippen LogP contribution in [0.5, 0.6) is 5.88 Å². The molecular weight excluding hydrogens is 388 g/mol. The van der Waals surface area contributed by atoms with Crippen LogP contribution in [0.15, 0.2) is 79.0 Å². The molecule has 4 aromatic rings. The van der Waals surface area contributed by atoms with Crippen molar-refractivity contribution in [3.63, 3.8) is 0 Å². The van der Waals surface area contributed by atoms with Crippen LogP contribution in [-0.4, -0.2) is 30.2 Å². The molecule has 0 bridgehead atoms. The molecule has 0 amide bonds. The van der Waals surface area contributed by atoms with Gasteiger partial charge in [-0.1, -0.05) is 48.5 Å². The number of hydrogen-bond acceptors (Lipinski definition) is 4. The van der Waals surface area contributed by atoms with E-state index in [2.05, 4.69) is 41.4 Å². The van der Waals surface area contributed by atoms with Crippen molar-refractivity contribution in [3.05, 3.63) is 84.6 Å². The molecule has 0 saturated carbocycles. The lowest BCUT2D eigenvalue weighted by molar-refractivity contribution is -0.136. The third kappa shape index (κ3) is 4.51. The first kappa shape index (κ1) is 20.4. The summed E-state index contributed by atoms with van der Waals surface area (Å²) in [7, 11) is 3.58. The number of benzene rings is 3. The Morgan fingerprint density at radius 3 is 2.42 bits per heavy atom. The second-order valence-electron chi connectivity index (χ2n) is 7.43. The summed E-state index contributed by atoms with van der Waals surface area (Å²) in [6, 6.07) is 24.6. The van der Waals surface area contributed by atoms with Crippen molar-refractivity contribution >= 4 is 28.1 Å². The Hall–Kier alpha value is -3.86. The first-order valence-corrected chi connectivity index (χ1v) is 10.1. The molecule has 31 heavy (non-hydrogen) atoms. The number of nitrogens with zero attached hydrogens (tertiary/aromatic N) is 2. The molecule has 3 aromatic carbocycles. The van der Waals surface area contributed by atoms with Crippen LogP contribution in [0.25, 0.3) is 21.9 Å².